The number of ether oxygens (including phenoxy) is 1. The molecule has 1 heterocycles. The summed E-state index contributed by atoms with van der Waals surface area (Å²) >= 11 is 0. The standard InChI is InChI=1S/C15H23O6P/c1-6-18-15(16)14(22(17,19-7-2)20-8-3)12(5)13-10-9-11(4)21-13/h9-10H,6-8H2,1-5H3/b14-12-. The lowest BCUT2D eigenvalue weighted by atomic mass is 10.2. The molecule has 22 heavy (non-hydrogen) atoms. The summed E-state index contributed by atoms with van der Waals surface area (Å²) in [4.78, 5) is 12.3. The Morgan fingerprint density at radius 3 is 2.14 bits per heavy atom. The monoisotopic (exact) mass is 330 g/mol. The summed E-state index contributed by atoms with van der Waals surface area (Å²) in [5, 5.41) is -0.118. The van der Waals surface area contributed by atoms with Gasteiger partial charge in [-0.25, -0.2) is 4.79 Å². The molecule has 6 nitrogen and oxygen atoms in total. The van der Waals surface area contributed by atoms with Crippen LogP contribution in [0.1, 0.15) is 39.2 Å². The van der Waals surface area contributed by atoms with E-state index in [9.17, 15) is 9.36 Å². The maximum Gasteiger partial charge on any atom is 0.369 e. The number of allylic oxidation sites excluding steroid dienone is 1. The van der Waals surface area contributed by atoms with E-state index in [2.05, 4.69) is 0 Å². The van der Waals surface area contributed by atoms with E-state index in [-0.39, 0.29) is 25.1 Å². The van der Waals surface area contributed by atoms with E-state index in [0.717, 1.165) is 0 Å². The van der Waals surface area contributed by atoms with Gasteiger partial charge in [0.2, 0.25) is 0 Å². The molecule has 0 atom stereocenters. The van der Waals surface area contributed by atoms with Crippen LogP contribution in [0.5, 0.6) is 0 Å². The summed E-state index contributed by atoms with van der Waals surface area (Å²) in [6, 6.07) is 3.46. The molecule has 0 bridgehead atoms. The first kappa shape index (κ1) is 18.7. The summed E-state index contributed by atoms with van der Waals surface area (Å²) in [5.74, 6) is 0.389. The maximum atomic E-state index is 13.0. The maximum absolute atomic E-state index is 13.0. The van der Waals surface area contributed by atoms with Gasteiger partial charge in [0, 0.05) is 5.57 Å². The molecule has 1 aromatic rings. The SMILES string of the molecule is CCOC(=O)/C(=C(\C)c1ccc(C)o1)P(=O)(OCC)OCC. The molecule has 124 valence electrons. The van der Waals surface area contributed by atoms with Gasteiger partial charge in [-0.15, -0.1) is 0 Å². The fourth-order valence-corrected chi connectivity index (χ4v) is 3.75. The van der Waals surface area contributed by atoms with Gasteiger partial charge in [0.05, 0.1) is 19.8 Å². The average molecular weight is 330 g/mol. The molecule has 0 N–H and O–H groups in total. The topological polar surface area (TPSA) is 75.0 Å². The molecule has 0 saturated carbocycles. The van der Waals surface area contributed by atoms with Crippen LogP contribution in [0.4, 0.5) is 0 Å². The van der Waals surface area contributed by atoms with Gasteiger partial charge in [-0.2, -0.15) is 0 Å². The normalized spacial score (nSPS) is 13.0. The Labute approximate surface area is 131 Å². The van der Waals surface area contributed by atoms with Crippen LogP contribution in [0.25, 0.3) is 5.57 Å². The van der Waals surface area contributed by atoms with Crippen LogP contribution < -0.4 is 0 Å². The first-order valence-electron chi connectivity index (χ1n) is 7.24. The van der Waals surface area contributed by atoms with Crippen molar-refractivity contribution < 1.29 is 27.6 Å². The summed E-state index contributed by atoms with van der Waals surface area (Å²) in [6.07, 6.45) is 0. The molecule has 0 saturated heterocycles. The summed E-state index contributed by atoms with van der Waals surface area (Å²) in [5.41, 5.74) is 0.386. The van der Waals surface area contributed by atoms with Crippen LogP contribution in [0.2, 0.25) is 0 Å². The smallest absolute Gasteiger partial charge is 0.369 e. The lowest BCUT2D eigenvalue weighted by Gasteiger charge is -2.20. The van der Waals surface area contributed by atoms with Crippen molar-refractivity contribution in [2.24, 2.45) is 0 Å². The molecule has 0 aliphatic carbocycles. The van der Waals surface area contributed by atoms with Crippen molar-refractivity contribution in [2.75, 3.05) is 19.8 Å². The summed E-state index contributed by atoms with van der Waals surface area (Å²) in [6.45, 7) is 8.90. The highest BCUT2D eigenvalue weighted by Crippen LogP contribution is 2.58. The number of rotatable bonds is 8. The third-order valence-electron chi connectivity index (χ3n) is 2.81. The molecular formula is C15H23O6P. The molecule has 1 rings (SSSR count). The molecule has 0 radical (unpaired) electrons. The van der Waals surface area contributed by atoms with Crippen LogP contribution in [0, 0.1) is 6.92 Å². The van der Waals surface area contributed by atoms with Crippen molar-refractivity contribution in [1.82, 2.24) is 0 Å². The summed E-state index contributed by atoms with van der Waals surface area (Å²) < 4.78 is 34.1. The van der Waals surface area contributed by atoms with Crippen molar-refractivity contribution in [2.45, 2.75) is 34.6 Å². The number of esters is 1. The molecule has 0 aromatic carbocycles. The first-order valence-corrected chi connectivity index (χ1v) is 8.78. The number of furan rings is 1. The Morgan fingerprint density at radius 2 is 1.73 bits per heavy atom. The quantitative estimate of drug-likeness (QED) is 0.405. The second kappa shape index (κ2) is 8.32. The molecule has 7 heteroatoms. The predicted octanol–water partition coefficient (Wildman–Crippen LogP) is 4.15. The van der Waals surface area contributed by atoms with Gasteiger partial charge in [0.15, 0.2) is 5.31 Å². The molecule has 1 aromatic heterocycles. The Kier molecular flexibility index (Phi) is 7.07. The zero-order chi connectivity index (χ0) is 16.8. The summed E-state index contributed by atoms with van der Waals surface area (Å²) in [7, 11) is -3.78. The van der Waals surface area contributed by atoms with Crippen molar-refractivity contribution in [1.29, 1.82) is 0 Å². The van der Waals surface area contributed by atoms with Crippen LogP contribution in [-0.2, 0) is 23.1 Å². The van der Waals surface area contributed by atoms with Crippen LogP contribution in [-0.4, -0.2) is 25.8 Å². The van der Waals surface area contributed by atoms with Crippen molar-refractivity contribution >= 4 is 19.1 Å². The highest BCUT2D eigenvalue weighted by Gasteiger charge is 2.38. The third-order valence-corrected chi connectivity index (χ3v) is 5.07. The molecule has 0 unspecified atom stereocenters. The minimum atomic E-state index is -3.78. The van der Waals surface area contributed by atoms with Gasteiger partial charge >= 0.3 is 13.6 Å². The zero-order valence-electron chi connectivity index (χ0n) is 13.7. The second-order valence-corrected chi connectivity index (χ2v) is 6.40. The number of hydrogen-bond acceptors (Lipinski definition) is 6. The average Bonchev–Trinajstić information content (AvgIpc) is 2.86. The third kappa shape index (κ3) is 4.32. The van der Waals surface area contributed by atoms with Crippen molar-refractivity contribution in [3.8, 4) is 0 Å². The minimum Gasteiger partial charge on any atom is -0.462 e. The Bertz CT molecular complexity index is 577. The lowest BCUT2D eigenvalue weighted by molar-refractivity contribution is -0.137. The van der Waals surface area contributed by atoms with E-state index in [1.54, 1.807) is 46.8 Å². The zero-order valence-corrected chi connectivity index (χ0v) is 14.6. The largest absolute Gasteiger partial charge is 0.462 e. The number of hydrogen-bond donors (Lipinski definition) is 0. The predicted molar refractivity (Wildman–Crippen MR) is 83.5 cm³/mol. The minimum absolute atomic E-state index is 0.118. The molecule has 0 spiro atoms. The van der Waals surface area contributed by atoms with Crippen molar-refractivity contribution in [3.05, 3.63) is 29.0 Å². The number of carbonyl (C=O) groups excluding carboxylic acids is 1. The van der Waals surface area contributed by atoms with Crippen LogP contribution in [0.15, 0.2) is 21.9 Å². The Balaban J connectivity index is 3.45. The second-order valence-electron chi connectivity index (χ2n) is 4.44. The molecule has 0 fully saturated rings. The highest BCUT2D eigenvalue weighted by atomic mass is 31.2. The fraction of sp³-hybridized carbons (Fsp3) is 0.533. The highest BCUT2D eigenvalue weighted by molar-refractivity contribution is 7.60. The van der Waals surface area contributed by atoms with E-state index in [4.69, 9.17) is 18.2 Å². The van der Waals surface area contributed by atoms with Gasteiger partial charge < -0.3 is 18.2 Å². The molecule has 0 amide bonds. The van der Waals surface area contributed by atoms with E-state index >= 15 is 0 Å². The number of aryl methyl sites for hydroxylation is 1. The number of carbonyl (C=O) groups is 1. The van der Waals surface area contributed by atoms with Crippen molar-refractivity contribution in [3.63, 3.8) is 0 Å². The van der Waals surface area contributed by atoms with Crippen LogP contribution >= 0.6 is 7.60 Å². The molecule has 0 aliphatic rings. The van der Waals surface area contributed by atoms with E-state index in [1.807, 2.05) is 0 Å². The van der Waals surface area contributed by atoms with Gasteiger partial charge in [0.1, 0.15) is 11.5 Å². The first-order chi connectivity index (χ1) is 10.4. The van der Waals surface area contributed by atoms with Crippen LogP contribution in [0.3, 0.4) is 0 Å². The van der Waals surface area contributed by atoms with E-state index in [1.165, 1.54) is 0 Å². The fourth-order valence-electron chi connectivity index (χ4n) is 1.93. The lowest BCUT2D eigenvalue weighted by Crippen LogP contribution is -2.13. The van der Waals surface area contributed by atoms with E-state index < -0.39 is 13.6 Å². The Morgan fingerprint density at radius 1 is 1.14 bits per heavy atom. The van der Waals surface area contributed by atoms with Gasteiger partial charge in [0.25, 0.3) is 0 Å². The van der Waals surface area contributed by atoms with Gasteiger partial charge in [-0.05, 0) is 46.8 Å². The van der Waals surface area contributed by atoms with E-state index in [0.29, 0.717) is 17.1 Å². The van der Waals surface area contributed by atoms with Gasteiger partial charge in [-0.3, -0.25) is 4.57 Å². The molecule has 0 aliphatic heterocycles. The molecular weight excluding hydrogens is 307 g/mol. The Hall–Kier alpha value is -1.36. The van der Waals surface area contributed by atoms with Gasteiger partial charge in [-0.1, -0.05) is 0 Å².